The number of aromatic nitrogens is 2. The van der Waals surface area contributed by atoms with Gasteiger partial charge in [-0.15, -0.1) is 16.9 Å². The Morgan fingerprint density at radius 2 is 1.73 bits per heavy atom. The van der Waals surface area contributed by atoms with Crippen molar-refractivity contribution in [2.45, 2.75) is 42.2 Å². The van der Waals surface area contributed by atoms with E-state index >= 15 is 0 Å². The highest BCUT2D eigenvalue weighted by Crippen LogP contribution is 2.24. The number of sulfone groups is 1. The molecule has 0 fully saturated rings. The van der Waals surface area contributed by atoms with Gasteiger partial charge >= 0.3 is 6.01 Å². The van der Waals surface area contributed by atoms with Crippen LogP contribution in [-0.2, 0) is 14.6 Å². The highest BCUT2D eigenvalue weighted by atomic mass is 32.2. The Morgan fingerprint density at radius 1 is 1.07 bits per heavy atom. The molecule has 0 aliphatic rings. The fourth-order valence-corrected chi connectivity index (χ4v) is 4.44. The summed E-state index contributed by atoms with van der Waals surface area (Å²) in [5, 5.41) is 9.84. The molecule has 0 unspecified atom stereocenters. The number of anilines is 1. The molecule has 158 valence electrons. The quantitative estimate of drug-likeness (QED) is 0.514. The number of aryl methyl sites for hydroxylation is 1. The molecule has 1 amide bonds. The topological polar surface area (TPSA) is 102 Å². The molecule has 0 saturated carbocycles. The number of rotatable bonds is 8. The van der Waals surface area contributed by atoms with E-state index in [0.29, 0.717) is 17.7 Å². The number of carbonyl (C=O) groups is 1. The van der Waals surface area contributed by atoms with Crippen LogP contribution in [0.15, 0.2) is 62.7 Å². The number of carbonyl (C=O) groups excluding carboxylic acids is 1. The van der Waals surface area contributed by atoms with Gasteiger partial charge in [0.25, 0.3) is 0 Å². The van der Waals surface area contributed by atoms with Gasteiger partial charge in [0.15, 0.2) is 9.84 Å². The lowest BCUT2D eigenvalue weighted by molar-refractivity contribution is -0.115. The summed E-state index contributed by atoms with van der Waals surface area (Å²) in [4.78, 5) is 13.4. The molecule has 3 rings (SSSR count). The first-order valence-corrected chi connectivity index (χ1v) is 12.0. The molecule has 0 spiro atoms. The molecule has 0 bridgehead atoms. The Morgan fingerprint density at radius 3 is 2.37 bits per heavy atom. The Balaban J connectivity index is 1.55. The number of thioether (sulfide) groups is 1. The van der Waals surface area contributed by atoms with Crippen molar-refractivity contribution in [3.8, 4) is 11.5 Å². The van der Waals surface area contributed by atoms with Gasteiger partial charge in [-0.05, 0) is 57.2 Å². The predicted octanol–water partition coefficient (Wildman–Crippen LogP) is 4.35. The molecule has 0 radical (unpaired) electrons. The van der Waals surface area contributed by atoms with E-state index in [1.54, 1.807) is 37.7 Å². The van der Waals surface area contributed by atoms with Crippen LogP contribution in [0.25, 0.3) is 11.5 Å². The first kappa shape index (κ1) is 22.0. The van der Waals surface area contributed by atoms with Gasteiger partial charge in [-0.1, -0.05) is 22.8 Å². The monoisotopic (exact) mass is 445 g/mol. The van der Waals surface area contributed by atoms with E-state index in [9.17, 15) is 13.2 Å². The van der Waals surface area contributed by atoms with Crippen LogP contribution in [-0.4, -0.2) is 35.5 Å². The molecule has 7 nitrogen and oxygen atoms in total. The number of nitrogens with one attached hydrogen (secondary N) is 1. The zero-order valence-corrected chi connectivity index (χ0v) is 18.6. The normalized spacial score (nSPS) is 11.6. The van der Waals surface area contributed by atoms with Crippen LogP contribution in [0, 0.1) is 6.92 Å². The maximum Gasteiger partial charge on any atom is 0.322 e. The highest BCUT2D eigenvalue weighted by molar-refractivity contribution is 7.99. The second-order valence-corrected chi connectivity index (χ2v) is 10.7. The van der Waals surface area contributed by atoms with E-state index in [-0.39, 0.29) is 22.7 Å². The molecule has 9 heteroatoms. The first-order chi connectivity index (χ1) is 14.3. The summed E-state index contributed by atoms with van der Waals surface area (Å²) in [5.41, 5.74) is 1.76. The molecule has 1 N–H and O–H groups in total. The molecule has 0 saturated heterocycles. The fourth-order valence-electron chi connectivity index (χ4n) is 2.53. The van der Waals surface area contributed by atoms with Crippen LogP contribution in [0.1, 0.15) is 25.8 Å². The number of amides is 1. The lowest BCUT2D eigenvalue weighted by Gasteiger charge is -2.07. The molecular weight excluding hydrogens is 422 g/mol. The van der Waals surface area contributed by atoms with Gasteiger partial charge in [0.05, 0.1) is 10.1 Å². The maximum absolute atomic E-state index is 12.2. The maximum atomic E-state index is 12.2. The standard InChI is InChI=1S/C21H23N3O4S2/c1-14(2)30(26,27)18-10-6-16(7-11-18)20-23-24-21(28-20)22-19(25)12-13-29-17-8-4-15(3)5-9-17/h4-11,14H,12-13H2,1-3H3,(H,22,24,25). The van der Waals surface area contributed by atoms with Gasteiger partial charge in [0, 0.05) is 22.6 Å². The zero-order valence-electron chi connectivity index (χ0n) is 17.0. The molecule has 0 aliphatic carbocycles. The van der Waals surface area contributed by atoms with Gasteiger partial charge in [-0.2, -0.15) is 0 Å². The molecule has 0 atom stereocenters. The highest BCUT2D eigenvalue weighted by Gasteiger charge is 2.19. The lowest BCUT2D eigenvalue weighted by Crippen LogP contribution is -2.13. The van der Waals surface area contributed by atoms with Crippen molar-refractivity contribution in [3.05, 3.63) is 54.1 Å². The Bertz CT molecular complexity index is 1110. The van der Waals surface area contributed by atoms with Crippen molar-refractivity contribution >= 4 is 33.5 Å². The minimum absolute atomic E-state index is 0.00853. The van der Waals surface area contributed by atoms with E-state index in [2.05, 4.69) is 15.5 Å². The number of hydrogen-bond donors (Lipinski definition) is 1. The zero-order chi connectivity index (χ0) is 21.7. The Kier molecular flexibility index (Phi) is 6.94. The average Bonchev–Trinajstić information content (AvgIpc) is 3.18. The third-order valence-corrected chi connectivity index (χ3v) is 7.52. The van der Waals surface area contributed by atoms with Gasteiger partial charge in [0.2, 0.25) is 11.8 Å². The molecule has 1 aromatic heterocycles. The van der Waals surface area contributed by atoms with Crippen molar-refractivity contribution < 1.29 is 17.6 Å². The summed E-state index contributed by atoms with van der Waals surface area (Å²) in [5.74, 6) is 0.609. The van der Waals surface area contributed by atoms with Crippen molar-refractivity contribution in [1.29, 1.82) is 0 Å². The minimum atomic E-state index is -3.34. The number of benzene rings is 2. The lowest BCUT2D eigenvalue weighted by atomic mass is 10.2. The summed E-state index contributed by atoms with van der Waals surface area (Å²) >= 11 is 1.60. The second kappa shape index (κ2) is 9.44. The summed E-state index contributed by atoms with van der Waals surface area (Å²) in [6.45, 7) is 5.30. The van der Waals surface area contributed by atoms with Crippen molar-refractivity contribution in [1.82, 2.24) is 10.2 Å². The average molecular weight is 446 g/mol. The van der Waals surface area contributed by atoms with Crippen LogP contribution in [0.4, 0.5) is 6.01 Å². The van der Waals surface area contributed by atoms with E-state index in [0.717, 1.165) is 4.90 Å². The second-order valence-electron chi connectivity index (χ2n) is 6.99. The van der Waals surface area contributed by atoms with Crippen LogP contribution < -0.4 is 5.32 Å². The molecule has 3 aromatic rings. The molecule has 30 heavy (non-hydrogen) atoms. The molecular formula is C21H23N3O4S2. The van der Waals surface area contributed by atoms with Crippen LogP contribution in [0.2, 0.25) is 0 Å². The van der Waals surface area contributed by atoms with E-state index in [4.69, 9.17) is 4.42 Å². The largest absolute Gasteiger partial charge is 0.403 e. The summed E-state index contributed by atoms with van der Waals surface area (Å²) in [6.07, 6.45) is 0.304. The van der Waals surface area contributed by atoms with Crippen molar-refractivity contribution in [3.63, 3.8) is 0 Å². The van der Waals surface area contributed by atoms with Crippen molar-refractivity contribution in [2.24, 2.45) is 0 Å². The van der Waals surface area contributed by atoms with Crippen LogP contribution in [0.5, 0.6) is 0 Å². The molecule has 2 aromatic carbocycles. The summed E-state index contributed by atoms with van der Waals surface area (Å²) in [7, 11) is -3.34. The first-order valence-electron chi connectivity index (χ1n) is 9.43. The Hall–Kier alpha value is -2.65. The third kappa shape index (κ3) is 5.48. The number of nitrogens with zero attached hydrogens (tertiary/aromatic N) is 2. The van der Waals surface area contributed by atoms with E-state index in [1.807, 2.05) is 31.2 Å². The van der Waals surface area contributed by atoms with Gasteiger partial charge in [-0.3, -0.25) is 10.1 Å². The number of hydrogen-bond acceptors (Lipinski definition) is 7. The van der Waals surface area contributed by atoms with Crippen LogP contribution >= 0.6 is 11.8 Å². The predicted molar refractivity (Wildman–Crippen MR) is 117 cm³/mol. The third-order valence-electron chi connectivity index (χ3n) is 4.34. The summed E-state index contributed by atoms with van der Waals surface area (Å²) < 4.78 is 29.9. The smallest absolute Gasteiger partial charge is 0.322 e. The molecule has 0 aliphatic heterocycles. The van der Waals surface area contributed by atoms with E-state index < -0.39 is 15.1 Å². The van der Waals surface area contributed by atoms with Crippen LogP contribution in [0.3, 0.4) is 0 Å². The van der Waals surface area contributed by atoms with Gasteiger partial charge in [-0.25, -0.2) is 8.42 Å². The molecule has 1 heterocycles. The Labute approximate surface area is 180 Å². The van der Waals surface area contributed by atoms with Crippen molar-refractivity contribution in [2.75, 3.05) is 11.1 Å². The SMILES string of the molecule is Cc1ccc(SCCC(=O)Nc2nnc(-c3ccc(S(=O)(=O)C(C)C)cc3)o2)cc1. The minimum Gasteiger partial charge on any atom is -0.403 e. The summed E-state index contributed by atoms with van der Waals surface area (Å²) in [6, 6.07) is 14.4. The van der Waals surface area contributed by atoms with E-state index in [1.165, 1.54) is 17.7 Å². The van der Waals surface area contributed by atoms with Gasteiger partial charge < -0.3 is 4.42 Å². The fraction of sp³-hybridized carbons (Fsp3) is 0.286. The van der Waals surface area contributed by atoms with Gasteiger partial charge in [0.1, 0.15) is 0 Å².